The molecule has 98 valence electrons. The van der Waals surface area contributed by atoms with Crippen molar-refractivity contribution in [1.82, 2.24) is 20.2 Å². The van der Waals surface area contributed by atoms with Crippen LogP contribution in [0.2, 0.25) is 0 Å². The van der Waals surface area contributed by atoms with E-state index in [4.69, 9.17) is 10.6 Å². The Kier molecular flexibility index (Phi) is 3.90. The molecule has 0 aliphatic carbocycles. The third-order valence-corrected chi connectivity index (χ3v) is 2.45. The lowest BCUT2D eigenvalue weighted by atomic mass is 10.3. The highest BCUT2D eigenvalue weighted by molar-refractivity contribution is 5.86. The fourth-order valence-corrected chi connectivity index (χ4v) is 1.62. The van der Waals surface area contributed by atoms with Crippen LogP contribution in [0.4, 0.5) is 11.8 Å². The predicted octanol–water partition coefficient (Wildman–Crippen LogP) is 0.475. The molecule has 8 nitrogen and oxygen atoms in total. The van der Waals surface area contributed by atoms with E-state index in [1.54, 1.807) is 6.20 Å². The van der Waals surface area contributed by atoms with E-state index in [1.165, 1.54) is 0 Å². The predicted molar refractivity (Wildman–Crippen MR) is 69.1 cm³/mol. The van der Waals surface area contributed by atoms with Crippen molar-refractivity contribution in [1.29, 1.82) is 0 Å². The standard InChI is InChI=1S/C10H17N7O/c1-3-18-6(2)4-12-8-7-5-13-17-9(7)15-10(14-8)16-11/h5-6H,3-4,11H2,1-2H3,(H3,12,13,14,15,16,17). The van der Waals surface area contributed by atoms with E-state index in [9.17, 15) is 0 Å². The molecule has 2 rings (SSSR count). The average Bonchev–Trinajstić information content (AvgIpc) is 2.84. The largest absolute Gasteiger partial charge is 0.377 e. The summed E-state index contributed by atoms with van der Waals surface area (Å²) in [7, 11) is 0. The first-order valence-electron chi connectivity index (χ1n) is 5.77. The summed E-state index contributed by atoms with van der Waals surface area (Å²) in [4.78, 5) is 8.39. The molecule has 0 saturated carbocycles. The lowest BCUT2D eigenvalue weighted by Gasteiger charge is -2.13. The Balaban J connectivity index is 2.18. The average molecular weight is 251 g/mol. The normalized spacial score (nSPS) is 12.6. The Morgan fingerprint density at radius 1 is 1.50 bits per heavy atom. The highest BCUT2D eigenvalue weighted by Crippen LogP contribution is 2.19. The lowest BCUT2D eigenvalue weighted by Crippen LogP contribution is -2.21. The molecular weight excluding hydrogens is 234 g/mol. The molecule has 2 heterocycles. The summed E-state index contributed by atoms with van der Waals surface area (Å²) in [5.41, 5.74) is 3.05. The molecule has 0 radical (unpaired) electrons. The van der Waals surface area contributed by atoms with Crippen LogP contribution in [0.1, 0.15) is 13.8 Å². The minimum Gasteiger partial charge on any atom is -0.377 e. The quantitative estimate of drug-likeness (QED) is 0.436. The van der Waals surface area contributed by atoms with Crippen LogP contribution < -0.4 is 16.6 Å². The van der Waals surface area contributed by atoms with Crippen molar-refractivity contribution in [3.8, 4) is 0 Å². The minimum atomic E-state index is 0.0983. The number of H-pyrrole nitrogens is 1. The van der Waals surface area contributed by atoms with Gasteiger partial charge in [0.25, 0.3) is 0 Å². The number of fused-ring (bicyclic) bond motifs is 1. The van der Waals surface area contributed by atoms with E-state index in [2.05, 4.69) is 30.9 Å². The number of ether oxygens (including phenoxy) is 1. The van der Waals surface area contributed by atoms with Crippen molar-refractivity contribution >= 4 is 22.8 Å². The van der Waals surface area contributed by atoms with Crippen molar-refractivity contribution in [2.75, 3.05) is 23.9 Å². The zero-order valence-corrected chi connectivity index (χ0v) is 10.4. The summed E-state index contributed by atoms with van der Waals surface area (Å²) >= 11 is 0. The van der Waals surface area contributed by atoms with Gasteiger partial charge in [0.2, 0.25) is 5.95 Å². The Labute approximate surface area is 104 Å². The van der Waals surface area contributed by atoms with Gasteiger partial charge in [-0.3, -0.25) is 10.5 Å². The number of anilines is 2. The summed E-state index contributed by atoms with van der Waals surface area (Å²) in [6.07, 6.45) is 1.77. The van der Waals surface area contributed by atoms with Crippen LogP contribution in [0.15, 0.2) is 6.20 Å². The van der Waals surface area contributed by atoms with E-state index in [1.807, 2.05) is 13.8 Å². The molecule has 18 heavy (non-hydrogen) atoms. The van der Waals surface area contributed by atoms with Crippen LogP contribution in [0.25, 0.3) is 11.0 Å². The maximum atomic E-state index is 5.44. The van der Waals surface area contributed by atoms with Crippen LogP contribution in [-0.4, -0.2) is 39.4 Å². The SMILES string of the molecule is CCOC(C)CNc1nc(NN)nc2[nH]ncc12. The second-order valence-electron chi connectivity index (χ2n) is 3.82. The van der Waals surface area contributed by atoms with Gasteiger partial charge in [0.05, 0.1) is 17.7 Å². The van der Waals surface area contributed by atoms with Gasteiger partial charge in [-0.25, -0.2) is 5.84 Å². The monoisotopic (exact) mass is 251 g/mol. The number of nitrogen functional groups attached to an aromatic ring is 1. The topological polar surface area (TPSA) is 114 Å². The molecule has 0 aromatic carbocycles. The number of aromatic nitrogens is 4. The summed E-state index contributed by atoms with van der Waals surface area (Å²) in [5.74, 6) is 6.33. The fourth-order valence-electron chi connectivity index (χ4n) is 1.62. The van der Waals surface area contributed by atoms with Crippen molar-refractivity contribution in [3.05, 3.63) is 6.20 Å². The number of aromatic amines is 1. The number of nitrogens with two attached hydrogens (primary N) is 1. The van der Waals surface area contributed by atoms with E-state index in [0.29, 0.717) is 30.6 Å². The molecule has 2 aromatic heterocycles. The van der Waals surface area contributed by atoms with Crippen LogP contribution >= 0.6 is 0 Å². The van der Waals surface area contributed by atoms with E-state index >= 15 is 0 Å². The Bertz CT molecular complexity index is 512. The third-order valence-electron chi connectivity index (χ3n) is 2.45. The van der Waals surface area contributed by atoms with Crippen LogP contribution in [0.3, 0.4) is 0 Å². The molecule has 8 heteroatoms. The maximum Gasteiger partial charge on any atom is 0.241 e. The first-order valence-corrected chi connectivity index (χ1v) is 5.77. The van der Waals surface area contributed by atoms with Gasteiger partial charge in [-0.2, -0.15) is 15.1 Å². The highest BCUT2D eigenvalue weighted by Gasteiger charge is 2.09. The van der Waals surface area contributed by atoms with Gasteiger partial charge in [0.1, 0.15) is 5.82 Å². The second-order valence-corrected chi connectivity index (χ2v) is 3.82. The second kappa shape index (κ2) is 5.61. The Morgan fingerprint density at radius 3 is 3.06 bits per heavy atom. The number of hydrazine groups is 1. The number of hydrogen-bond donors (Lipinski definition) is 4. The smallest absolute Gasteiger partial charge is 0.241 e. The first-order chi connectivity index (χ1) is 8.74. The van der Waals surface area contributed by atoms with Crippen molar-refractivity contribution in [2.24, 2.45) is 5.84 Å². The molecule has 0 fully saturated rings. The summed E-state index contributed by atoms with van der Waals surface area (Å²) in [5, 5.41) is 10.7. The summed E-state index contributed by atoms with van der Waals surface area (Å²) < 4.78 is 5.44. The van der Waals surface area contributed by atoms with E-state index in [0.717, 1.165) is 5.39 Å². The molecule has 0 spiro atoms. The van der Waals surface area contributed by atoms with E-state index in [-0.39, 0.29) is 6.10 Å². The van der Waals surface area contributed by atoms with Crippen LogP contribution in [-0.2, 0) is 4.74 Å². The molecule has 0 bridgehead atoms. The van der Waals surface area contributed by atoms with Crippen LogP contribution in [0, 0.1) is 0 Å². The molecule has 1 unspecified atom stereocenters. The van der Waals surface area contributed by atoms with Crippen LogP contribution in [0.5, 0.6) is 0 Å². The third kappa shape index (κ3) is 2.66. The van der Waals surface area contributed by atoms with Gasteiger partial charge in [-0.05, 0) is 13.8 Å². The molecule has 0 saturated heterocycles. The maximum absolute atomic E-state index is 5.44. The van der Waals surface area contributed by atoms with E-state index < -0.39 is 0 Å². The Hall–Kier alpha value is -1.93. The van der Waals surface area contributed by atoms with Gasteiger partial charge in [-0.15, -0.1) is 0 Å². The fraction of sp³-hybridized carbons (Fsp3) is 0.500. The lowest BCUT2D eigenvalue weighted by molar-refractivity contribution is 0.0855. The molecular formula is C10H17N7O. The molecule has 0 aliphatic heterocycles. The van der Waals surface area contributed by atoms with Gasteiger partial charge < -0.3 is 10.1 Å². The van der Waals surface area contributed by atoms with Crippen molar-refractivity contribution in [3.63, 3.8) is 0 Å². The molecule has 0 amide bonds. The van der Waals surface area contributed by atoms with Crippen molar-refractivity contribution < 1.29 is 4.74 Å². The zero-order chi connectivity index (χ0) is 13.0. The number of hydrogen-bond acceptors (Lipinski definition) is 7. The minimum absolute atomic E-state index is 0.0983. The van der Waals surface area contributed by atoms with Gasteiger partial charge in [-0.1, -0.05) is 0 Å². The van der Waals surface area contributed by atoms with Crippen molar-refractivity contribution in [2.45, 2.75) is 20.0 Å². The zero-order valence-electron chi connectivity index (χ0n) is 10.4. The molecule has 0 aliphatic rings. The number of rotatable bonds is 6. The Morgan fingerprint density at radius 2 is 2.33 bits per heavy atom. The molecule has 2 aromatic rings. The number of nitrogens with one attached hydrogen (secondary N) is 3. The first kappa shape index (κ1) is 12.5. The molecule has 1 atom stereocenters. The van der Waals surface area contributed by atoms with Gasteiger partial charge >= 0.3 is 0 Å². The highest BCUT2D eigenvalue weighted by atomic mass is 16.5. The summed E-state index contributed by atoms with van der Waals surface area (Å²) in [6, 6.07) is 0. The van der Waals surface area contributed by atoms with Gasteiger partial charge in [0.15, 0.2) is 5.65 Å². The summed E-state index contributed by atoms with van der Waals surface area (Å²) in [6.45, 7) is 5.29. The molecule has 5 N–H and O–H groups in total. The van der Waals surface area contributed by atoms with Gasteiger partial charge in [0, 0.05) is 13.2 Å². The number of nitrogens with zero attached hydrogens (tertiary/aromatic N) is 3.